The lowest BCUT2D eigenvalue weighted by Gasteiger charge is -2.37. The zero-order valence-corrected chi connectivity index (χ0v) is 12.6. The van der Waals surface area contributed by atoms with Gasteiger partial charge in [-0.1, -0.05) is 6.92 Å². The van der Waals surface area contributed by atoms with Crippen LogP contribution in [0.5, 0.6) is 0 Å². The molecule has 2 fully saturated rings. The first kappa shape index (κ1) is 14.6. The summed E-state index contributed by atoms with van der Waals surface area (Å²) in [4.78, 5) is 16.4. The highest BCUT2D eigenvalue weighted by atomic mass is 16.6. The van der Waals surface area contributed by atoms with E-state index in [4.69, 9.17) is 10.5 Å². The van der Waals surface area contributed by atoms with E-state index in [2.05, 4.69) is 11.8 Å². The van der Waals surface area contributed by atoms with Crippen molar-refractivity contribution in [3.8, 4) is 0 Å². The molecular weight excluding hydrogens is 242 g/mol. The van der Waals surface area contributed by atoms with Crippen LogP contribution in [0.1, 0.15) is 40.5 Å². The molecule has 0 radical (unpaired) electrons. The minimum atomic E-state index is -0.435. The molecule has 1 amide bonds. The van der Waals surface area contributed by atoms with Crippen LogP contribution in [-0.4, -0.2) is 59.3 Å². The van der Waals surface area contributed by atoms with E-state index >= 15 is 0 Å². The molecule has 0 aromatic carbocycles. The van der Waals surface area contributed by atoms with Crippen molar-refractivity contribution in [1.29, 1.82) is 0 Å². The number of carbonyl (C=O) groups excluding carboxylic acids is 1. The quantitative estimate of drug-likeness (QED) is 0.782. The third kappa shape index (κ3) is 2.72. The summed E-state index contributed by atoms with van der Waals surface area (Å²) in [7, 11) is 0. The topological polar surface area (TPSA) is 58.8 Å². The van der Waals surface area contributed by atoms with Crippen molar-refractivity contribution < 1.29 is 9.53 Å². The average Bonchev–Trinajstić information content (AvgIpc) is 2.85. The fourth-order valence-electron chi connectivity index (χ4n) is 3.35. The third-order valence-corrected chi connectivity index (χ3v) is 4.34. The number of likely N-dealkylation sites (tertiary alicyclic amines) is 2. The molecule has 2 aliphatic rings. The highest BCUT2D eigenvalue weighted by Gasteiger charge is 2.51. The summed E-state index contributed by atoms with van der Waals surface area (Å²) in [6.45, 7) is 11.4. The molecule has 110 valence electrons. The standard InChI is InChI=1S/C14H27N3O2/c1-5-17-8-6-11(15)14(17)7-9-16(10-14)12(18)19-13(2,3)4/h11H,5-10,15H2,1-4H3. The molecule has 2 saturated heterocycles. The van der Waals surface area contributed by atoms with Gasteiger partial charge in [-0.3, -0.25) is 4.90 Å². The molecule has 2 N–H and O–H groups in total. The summed E-state index contributed by atoms with van der Waals surface area (Å²) >= 11 is 0. The highest BCUT2D eigenvalue weighted by Crippen LogP contribution is 2.37. The zero-order valence-electron chi connectivity index (χ0n) is 12.6. The second-order valence-corrected chi connectivity index (χ2v) is 6.73. The molecule has 2 unspecified atom stereocenters. The van der Waals surface area contributed by atoms with Crippen LogP contribution in [0.15, 0.2) is 0 Å². The Morgan fingerprint density at radius 1 is 1.42 bits per heavy atom. The number of nitrogens with zero attached hydrogens (tertiary/aromatic N) is 2. The van der Waals surface area contributed by atoms with Crippen molar-refractivity contribution in [2.45, 2.75) is 57.7 Å². The molecule has 0 aromatic rings. The molecule has 5 heteroatoms. The number of hydrogen-bond acceptors (Lipinski definition) is 4. The van der Waals surface area contributed by atoms with E-state index in [-0.39, 0.29) is 17.7 Å². The SMILES string of the molecule is CCN1CCC(N)C12CCN(C(=O)OC(C)(C)C)C2. The van der Waals surface area contributed by atoms with Crippen LogP contribution in [0.25, 0.3) is 0 Å². The number of amides is 1. The number of carbonyl (C=O) groups is 1. The first-order valence-electron chi connectivity index (χ1n) is 7.27. The van der Waals surface area contributed by atoms with Crippen molar-refractivity contribution in [3.63, 3.8) is 0 Å². The predicted molar refractivity (Wildman–Crippen MR) is 75.0 cm³/mol. The molecule has 0 bridgehead atoms. The van der Waals surface area contributed by atoms with Crippen molar-refractivity contribution in [1.82, 2.24) is 9.80 Å². The fraction of sp³-hybridized carbons (Fsp3) is 0.929. The van der Waals surface area contributed by atoms with Crippen LogP contribution in [-0.2, 0) is 4.74 Å². The largest absolute Gasteiger partial charge is 0.444 e. The van der Waals surface area contributed by atoms with Gasteiger partial charge >= 0.3 is 6.09 Å². The lowest BCUT2D eigenvalue weighted by atomic mass is 9.90. The summed E-state index contributed by atoms with van der Waals surface area (Å²) in [5.41, 5.74) is 5.85. The molecule has 2 aliphatic heterocycles. The Hall–Kier alpha value is -0.810. The van der Waals surface area contributed by atoms with Gasteiger partial charge in [0.1, 0.15) is 5.60 Å². The van der Waals surface area contributed by atoms with E-state index < -0.39 is 5.60 Å². The van der Waals surface area contributed by atoms with Crippen molar-refractivity contribution >= 4 is 6.09 Å². The van der Waals surface area contributed by atoms with Gasteiger partial charge in [-0.2, -0.15) is 0 Å². The maximum atomic E-state index is 12.1. The molecule has 2 atom stereocenters. The van der Waals surface area contributed by atoms with Crippen LogP contribution in [0.4, 0.5) is 4.79 Å². The van der Waals surface area contributed by atoms with Crippen LogP contribution < -0.4 is 5.73 Å². The Morgan fingerprint density at radius 3 is 2.68 bits per heavy atom. The minimum absolute atomic E-state index is 0.0222. The Balaban J connectivity index is 2.04. The molecule has 1 spiro atoms. The van der Waals surface area contributed by atoms with E-state index in [0.717, 1.165) is 32.5 Å². The maximum Gasteiger partial charge on any atom is 0.410 e. The van der Waals surface area contributed by atoms with E-state index in [1.54, 1.807) is 0 Å². The molecule has 0 aromatic heterocycles. The molecular formula is C14H27N3O2. The number of hydrogen-bond donors (Lipinski definition) is 1. The van der Waals surface area contributed by atoms with Gasteiger partial charge in [-0.05, 0) is 40.2 Å². The smallest absolute Gasteiger partial charge is 0.410 e. The monoisotopic (exact) mass is 269 g/mol. The first-order valence-corrected chi connectivity index (χ1v) is 7.27. The third-order valence-electron chi connectivity index (χ3n) is 4.34. The summed E-state index contributed by atoms with van der Waals surface area (Å²) in [5.74, 6) is 0. The number of likely N-dealkylation sites (N-methyl/N-ethyl adjacent to an activating group) is 1. The Morgan fingerprint density at radius 2 is 2.11 bits per heavy atom. The molecule has 19 heavy (non-hydrogen) atoms. The molecule has 5 nitrogen and oxygen atoms in total. The lowest BCUT2D eigenvalue weighted by Crippen LogP contribution is -2.55. The fourth-order valence-corrected chi connectivity index (χ4v) is 3.35. The Kier molecular flexibility index (Phi) is 3.80. The Labute approximate surface area is 116 Å². The molecule has 2 heterocycles. The number of rotatable bonds is 1. The van der Waals surface area contributed by atoms with E-state index in [9.17, 15) is 4.79 Å². The molecule has 0 saturated carbocycles. The van der Waals surface area contributed by atoms with E-state index in [0.29, 0.717) is 6.54 Å². The number of nitrogens with two attached hydrogens (primary N) is 1. The first-order chi connectivity index (χ1) is 8.78. The van der Waals surface area contributed by atoms with Crippen molar-refractivity contribution in [2.75, 3.05) is 26.2 Å². The van der Waals surface area contributed by atoms with Crippen LogP contribution in [0.3, 0.4) is 0 Å². The summed E-state index contributed by atoms with van der Waals surface area (Å²) in [5, 5.41) is 0. The van der Waals surface area contributed by atoms with Gasteiger partial charge in [-0.15, -0.1) is 0 Å². The predicted octanol–water partition coefficient (Wildman–Crippen LogP) is 1.42. The van der Waals surface area contributed by atoms with E-state index in [1.807, 2.05) is 25.7 Å². The Bertz CT molecular complexity index is 353. The number of ether oxygens (including phenoxy) is 1. The van der Waals surface area contributed by atoms with Gasteiger partial charge < -0.3 is 15.4 Å². The van der Waals surface area contributed by atoms with Gasteiger partial charge in [0.05, 0.1) is 5.54 Å². The zero-order chi connectivity index (χ0) is 14.3. The molecule has 0 aliphatic carbocycles. The minimum Gasteiger partial charge on any atom is -0.444 e. The van der Waals surface area contributed by atoms with Gasteiger partial charge in [0.25, 0.3) is 0 Å². The molecule has 2 rings (SSSR count). The van der Waals surface area contributed by atoms with Crippen LogP contribution in [0.2, 0.25) is 0 Å². The lowest BCUT2D eigenvalue weighted by molar-refractivity contribution is 0.0255. The van der Waals surface area contributed by atoms with Gasteiger partial charge in [-0.25, -0.2) is 4.79 Å². The average molecular weight is 269 g/mol. The van der Waals surface area contributed by atoms with Crippen molar-refractivity contribution in [2.24, 2.45) is 5.73 Å². The summed E-state index contributed by atoms with van der Waals surface area (Å²) in [6, 6.07) is 0.167. The van der Waals surface area contributed by atoms with Gasteiger partial charge in [0.15, 0.2) is 0 Å². The van der Waals surface area contributed by atoms with E-state index in [1.165, 1.54) is 0 Å². The van der Waals surface area contributed by atoms with Gasteiger partial charge in [0, 0.05) is 25.7 Å². The highest BCUT2D eigenvalue weighted by molar-refractivity contribution is 5.68. The summed E-state index contributed by atoms with van der Waals surface area (Å²) in [6.07, 6.45) is 1.77. The van der Waals surface area contributed by atoms with Gasteiger partial charge in [0.2, 0.25) is 0 Å². The second-order valence-electron chi connectivity index (χ2n) is 6.73. The summed E-state index contributed by atoms with van der Waals surface area (Å²) < 4.78 is 5.46. The van der Waals surface area contributed by atoms with Crippen LogP contribution >= 0.6 is 0 Å². The normalized spacial score (nSPS) is 32.3. The van der Waals surface area contributed by atoms with Crippen molar-refractivity contribution in [3.05, 3.63) is 0 Å². The van der Waals surface area contributed by atoms with Crippen LogP contribution in [0, 0.1) is 0 Å². The second kappa shape index (κ2) is 4.94. The maximum absolute atomic E-state index is 12.1.